The summed E-state index contributed by atoms with van der Waals surface area (Å²) < 4.78 is 0. The first-order chi connectivity index (χ1) is 8.78. The molecule has 3 rings (SSSR count). The molecule has 4 atom stereocenters. The van der Waals surface area contributed by atoms with Crippen molar-refractivity contribution in [3.63, 3.8) is 0 Å². The topological polar surface area (TPSA) is 58.4 Å². The Morgan fingerprint density at radius 1 is 1.28 bits per heavy atom. The number of amides is 1. The summed E-state index contributed by atoms with van der Waals surface area (Å²) in [7, 11) is 0. The van der Waals surface area contributed by atoms with Gasteiger partial charge in [-0.25, -0.2) is 0 Å². The summed E-state index contributed by atoms with van der Waals surface area (Å²) in [5.74, 6) is 1.64. The quantitative estimate of drug-likeness (QED) is 0.760. The molecule has 18 heavy (non-hydrogen) atoms. The molecule has 0 aromatic carbocycles. The van der Waals surface area contributed by atoms with E-state index in [1.165, 1.54) is 25.8 Å². The van der Waals surface area contributed by atoms with Crippen molar-refractivity contribution in [2.24, 2.45) is 17.6 Å². The van der Waals surface area contributed by atoms with Gasteiger partial charge in [0.2, 0.25) is 5.91 Å². The zero-order valence-corrected chi connectivity index (χ0v) is 11.1. The highest BCUT2D eigenvalue weighted by Gasteiger charge is 2.38. The van der Waals surface area contributed by atoms with Crippen molar-refractivity contribution in [3.05, 3.63) is 0 Å². The Morgan fingerprint density at radius 2 is 2.17 bits per heavy atom. The summed E-state index contributed by atoms with van der Waals surface area (Å²) >= 11 is 0. The molecule has 0 aromatic rings. The average Bonchev–Trinajstić information content (AvgIpc) is 2.86. The van der Waals surface area contributed by atoms with E-state index in [1.54, 1.807) is 0 Å². The Hall–Kier alpha value is -0.610. The predicted octanol–water partition coefficient (Wildman–Crippen LogP) is 0.714. The molecule has 2 heterocycles. The number of rotatable bonds is 2. The van der Waals surface area contributed by atoms with Crippen LogP contribution in [0.1, 0.15) is 38.5 Å². The van der Waals surface area contributed by atoms with Gasteiger partial charge in [-0.3, -0.25) is 9.69 Å². The van der Waals surface area contributed by atoms with Crippen LogP contribution in [0.3, 0.4) is 0 Å². The lowest BCUT2D eigenvalue weighted by Gasteiger charge is -2.44. The molecule has 4 unspecified atom stereocenters. The minimum Gasteiger partial charge on any atom is -0.353 e. The zero-order chi connectivity index (χ0) is 12.5. The van der Waals surface area contributed by atoms with Crippen LogP contribution in [-0.2, 0) is 4.79 Å². The van der Waals surface area contributed by atoms with Crippen LogP contribution in [0.5, 0.6) is 0 Å². The average molecular weight is 251 g/mol. The highest BCUT2D eigenvalue weighted by Crippen LogP contribution is 2.34. The smallest absolute Gasteiger partial charge is 0.220 e. The fourth-order valence-corrected chi connectivity index (χ4v) is 4.21. The highest BCUT2D eigenvalue weighted by atomic mass is 16.1. The number of fused-ring (bicyclic) bond motifs is 1. The number of carbonyl (C=O) groups is 1. The largest absolute Gasteiger partial charge is 0.353 e. The number of nitrogens with two attached hydrogens (primary N) is 1. The van der Waals surface area contributed by atoms with Crippen molar-refractivity contribution < 1.29 is 4.79 Å². The lowest BCUT2D eigenvalue weighted by molar-refractivity contribution is -0.125. The molecule has 3 N–H and O–H groups in total. The molecule has 1 amide bonds. The van der Waals surface area contributed by atoms with E-state index in [1.807, 2.05) is 0 Å². The molecule has 4 nitrogen and oxygen atoms in total. The summed E-state index contributed by atoms with van der Waals surface area (Å²) in [4.78, 5) is 14.1. The van der Waals surface area contributed by atoms with Crippen LogP contribution in [0.2, 0.25) is 0 Å². The van der Waals surface area contributed by atoms with Gasteiger partial charge < -0.3 is 11.1 Å². The molecule has 1 aliphatic carbocycles. The van der Waals surface area contributed by atoms with Gasteiger partial charge in [-0.2, -0.15) is 0 Å². The fourth-order valence-electron chi connectivity index (χ4n) is 4.21. The summed E-state index contributed by atoms with van der Waals surface area (Å²) in [6.07, 6.45) is 6.90. The van der Waals surface area contributed by atoms with E-state index in [9.17, 15) is 4.79 Å². The molecule has 3 fully saturated rings. The highest BCUT2D eigenvalue weighted by molar-refractivity contribution is 5.77. The lowest BCUT2D eigenvalue weighted by Crippen LogP contribution is -2.56. The van der Waals surface area contributed by atoms with E-state index in [0.717, 1.165) is 32.4 Å². The predicted molar refractivity (Wildman–Crippen MR) is 71.0 cm³/mol. The maximum Gasteiger partial charge on any atom is 0.220 e. The third-order valence-electron chi connectivity index (χ3n) is 5.24. The van der Waals surface area contributed by atoms with E-state index in [2.05, 4.69) is 10.2 Å². The van der Waals surface area contributed by atoms with Gasteiger partial charge in [-0.05, 0) is 44.1 Å². The standard InChI is InChI=1S/C14H25N3O/c15-8-10-2-1-3-13(10)17-7-6-12-11(9-17)4-5-14(18)16-12/h10-13H,1-9,15H2,(H,16,18). The van der Waals surface area contributed by atoms with Gasteiger partial charge in [0.25, 0.3) is 0 Å². The molecular formula is C14H25N3O. The molecule has 0 bridgehead atoms. The molecule has 2 aliphatic heterocycles. The van der Waals surface area contributed by atoms with Crippen LogP contribution >= 0.6 is 0 Å². The molecule has 4 heteroatoms. The number of nitrogens with one attached hydrogen (secondary N) is 1. The minimum absolute atomic E-state index is 0.255. The fraction of sp³-hybridized carbons (Fsp3) is 0.929. The van der Waals surface area contributed by atoms with Crippen molar-refractivity contribution in [2.45, 2.75) is 50.6 Å². The first kappa shape index (κ1) is 12.4. The second kappa shape index (κ2) is 5.17. The van der Waals surface area contributed by atoms with Gasteiger partial charge in [0.05, 0.1) is 0 Å². The minimum atomic E-state index is 0.255. The van der Waals surface area contributed by atoms with Crippen LogP contribution < -0.4 is 11.1 Å². The molecule has 1 saturated carbocycles. The summed E-state index contributed by atoms with van der Waals surface area (Å²) in [5.41, 5.74) is 5.90. The van der Waals surface area contributed by atoms with Gasteiger partial charge in [0.1, 0.15) is 0 Å². The summed E-state index contributed by atoms with van der Waals surface area (Å²) in [6, 6.07) is 1.16. The second-order valence-corrected chi connectivity index (χ2v) is 6.25. The molecule has 102 valence electrons. The Kier molecular flexibility index (Phi) is 3.57. The van der Waals surface area contributed by atoms with Gasteiger partial charge >= 0.3 is 0 Å². The molecule has 0 radical (unpaired) electrons. The Balaban J connectivity index is 1.61. The molecule has 2 saturated heterocycles. The Bertz CT molecular complexity index is 320. The van der Waals surface area contributed by atoms with Gasteiger partial charge in [-0.15, -0.1) is 0 Å². The van der Waals surface area contributed by atoms with Crippen molar-refractivity contribution in [3.8, 4) is 0 Å². The molecule has 3 aliphatic rings. The molecule has 0 aromatic heterocycles. The van der Waals surface area contributed by atoms with Crippen molar-refractivity contribution >= 4 is 5.91 Å². The molecular weight excluding hydrogens is 226 g/mol. The maximum atomic E-state index is 11.4. The Labute approximate surface area is 109 Å². The van der Waals surface area contributed by atoms with Gasteiger partial charge in [-0.1, -0.05) is 6.42 Å². The number of hydrogen-bond donors (Lipinski definition) is 2. The van der Waals surface area contributed by atoms with Crippen LogP contribution in [-0.4, -0.2) is 42.5 Å². The van der Waals surface area contributed by atoms with Crippen LogP contribution in [0.25, 0.3) is 0 Å². The SMILES string of the molecule is NCC1CCCC1N1CCC2NC(=O)CCC2C1. The van der Waals surface area contributed by atoms with E-state index in [0.29, 0.717) is 23.9 Å². The summed E-state index contributed by atoms with van der Waals surface area (Å²) in [5, 5.41) is 3.16. The van der Waals surface area contributed by atoms with Crippen molar-refractivity contribution in [2.75, 3.05) is 19.6 Å². The lowest BCUT2D eigenvalue weighted by atomic mass is 9.84. The number of nitrogens with zero attached hydrogens (tertiary/aromatic N) is 1. The van der Waals surface area contributed by atoms with Gasteiger partial charge in [0.15, 0.2) is 0 Å². The summed E-state index contributed by atoms with van der Waals surface area (Å²) in [6.45, 7) is 3.15. The van der Waals surface area contributed by atoms with E-state index in [4.69, 9.17) is 5.73 Å². The monoisotopic (exact) mass is 251 g/mol. The maximum absolute atomic E-state index is 11.4. The van der Waals surface area contributed by atoms with E-state index < -0.39 is 0 Å². The first-order valence-electron chi connectivity index (χ1n) is 7.51. The van der Waals surface area contributed by atoms with Gasteiger partial charge in [0, 0.05) is 31.6 Å². The normalized spacial score (nSPS) is 41.5. The third kappa shape index (κ3) is 2.28. The first-order valence-corrected chi connectivity index (χ1v) is 7.51. The Morgan fingerprint density at radius 3 is 3.00 bits per heavy atom. The second-order valence-electron chi connectivity index (χ2n) is 6.25. The number of carbonyl (C=O) groups excluding carboxylic acids is 1. The van der Waals surface area contributed by atoms with E-state index >= 15 is 0 Å². The number of likely N-dealkylation sites (tertiary alicyclic amines) is 1. The van der Waals surface area contributed by atoms with Crippen LogP contribution in [0.4, 0.5) is 0 Å². The van der Waals surface area contributed by atoms with Crippen molar-refractivity contribution in [1.29, 1.82) is 0 Å². The van der Waals surface area contributed by atoms with Crippen molar-refractivity contribution in [1.82, 2.24) is 10.2 Å². The van der Waals surface area contributed by atoms with Crippen LogP contribution in [0, 0.1) is 11.8 Å². The third-order valence-corrected chi connectivity index (χ3v) is 5.24. The number of hydrogen-bond acceptors (Lipinski definition) is 3. The molecule has 0 spiro atoms. The zero-order valence-electron chi connectivity index (χ0n) is 11.1. The number of piperidine rings is 2. The van der Waals surface area contributed by atoms with E-state index in [-0.39, 0.29) is 5.91 Å². The van der Waals surface area contributed by atoms with Crippen LogP contribution in [0.15, 0.2) is 0 Å².